The Labute approximate surface area is 103 Å². The Balaban J connectivity index is 2.58. The third kappa shape index (κ3) is 4.47. The van der Waals surface area contributed by atoms with Crippen molar-refractivity contribution in [2.75, 3.05) is 5.32 Å². The normalized spacial score (nSPS) is 12.1. The molecule has 94 valence electrons. The van der Waals surface area contributed by atoms with Crippen LogP contribution in [0.3, 0.4) is 0 Å². The molecule has 1 atom stereocenters. The van der Waals surface area contributed by atoms with Crippen molar-refractivity contribution in [2.24, 2.45) is 5.73 Å². The van der Waals surface area contributed by atoms with Gasteiger partial charge in [-0.3, -0.25) is 4.79 Å². The maximum atomic E-state index is 11.1. The van der Waals surface area contributed by atoms with Crippen molar-refractivity contribution in [2.45, 2.75) is 45.6 Å². The molecule has 0 radical (unpaired) electrons. The number of benzene rings is 1. The molecule has 0 saturated carbocycles. The Kier molecular flexibility index (Phi) is 5.53. The molecule has 0 aromatic heterocycles. The van der Waals surface area contributed by atoms with E-state index < -0.39 is 0 Å². The van der Waals surface area contributed by atoms with E-state index in [1.807, 2.05) is 19.1 Å². The number of primary amides is 1. The number of hydrogen-bond acceptors (Lipinski definition) is 2. The highest BCUT2D eigenvalue weighted by Gasteiger charge is 2.11. The van der Waals surface area contributed by atoms with E-state index in [0.717, 1.165) is 12.1 Å². The van der Waals surface area contributed by atoms with E-state index in [0.29, 0.717) is 6.42 Å². The maximum Gasteiger partial charge on any atom is 0.239 e. The van der Waals surface area contributed by atoms with Gasteiger partial charge in [0, 0.05) is 5.69 Å². The van der Waals surface area contributed by atoms with Gasteiger partial charge in [-0.15, -0.1) is 0 Å². The van der Waals surface area contributed by atoms with Crippen molar-refractivity contribution in [1.82, 2.24) is 0 Å². The fourth-order valence-electron chi connectivity index (χ4n) is 1.72. The van der Waals surface area contributed by atoms with Crippen LogP contribution >= 0.6 is 0 Å². The molecule has 0 spiro atoms. The average Bonchev–Trinajstić information content (AvgIpc) is 2.34. The van der Waals surface area contributed by atoms with E-state index in [4.69, 9.17) is 5.73 Å². The van der Waals surface area contributed by atoms with Crippen molar-refractivity contribution in [1.29, 1.82) is 0 Å². The predicted octanol–water partition coefficient (Wildman–Crippen LogP) is 2.71. The van der Waals surface area contributed by atoms with Gasteiger partial charge in [0.2, 0.25) is 5.91 Å². The SMILES string of the molecule is CCCCc1ccc(NC(CC)C(N)=O)cc1. The molecule has 3 heteroatoms. The van der Waals surface area contributed by atoms with Crippen LogP contribution in [-0.2, 0) is 11.2 Å². The Morgan fingerprint density at radius 3 is 2.41 bits per heavy atom. The number of rotatable bonds is 7. The Bertz CT molecular complexity index is 346. The van der Waals surface area contributed by atoms with E-state index in [2.05, 4.69) is 24.4 Å². The molecule has 1 unspecified atom stereocenters. The molecule has 17 heavy (non-hydrogen) atoms. The molecular formula is C14H22N2O. The van der Waals surface area contributed by atoms with Gasteiger partial charge in [0.05, 0.1) is 0 Å². The van der Waals surface area contributed by atoms with Gasteiger partial charge in [-0.25, -0.2) is 0 Å². The van der Waals surface area contributed by atoms with Gasteiger partial charge in [0.25, 0.3) is 0 Å². The number of unbranched alkanes of at least 4 members (excludes halogenated alkanes) is 1. The molecule has 0 aliphatic heterocycles. The smallest absolute Gasteiger partial charge is 0.239 e. The molecule has 0 aliphatic carbocycles. The second kappa shape index (κ2) is 6.94. The van der Waals surface area contributed by atoms with Gasteiger partial charge in [0.1, 0.15) is 6.04 Å². The molecule has 0 heterocycles. The van der Waals surface area contributed by atoms with Crippen LogP contribution in [0, 0.1) is 0 Å². The van der Waals surface area contributed by atoms with Gasteiger partial charge in [-0.05, 0) is 37.0 Å². The molecule has 3 N–H and O–H groups in total. The van der Waals surface area contributed by atoms with E-state index in [9.17, 15) is 4.79 Å². The standard InChI is InChI=1S/C14H22N2O/c1-3-5-6-11-7-9-12(10-8-11)16-13(4-2)14(15)17/h7-10,13,16H,3-6H2,1-2H3,(H2,15,17). The summed E-state index contributed by atoms with van der Waals surface area (Å²) < 4.78 is 0. The fraction of sp³-hybridized carbons (Fsp3) is 0.500. The largest absolute Gasteiger partial charge is 0.374 e. The Morgan fingerprint density at radius 1 is 1.29 bits per heavy atom. The molecule has 0 saturated heterocycles. The minimum Gasteiger partial charge on any atom is -0.374 e. The fourth-order valence-corrected chi connectivity index (χ4v) is 1.72. The molecule has 0 aliphatic rings. The number of nitrogens with one attached hydrogen (secondary N) is 1. The molecule has 1 rings (SSSR count). The number of carbonyl (C=O) groups is 1. The lowest BCUT2D eigenvalue weighted by molar-refractivity contribution is -0.118. The lowest BCUT2D eigenvalue weighted by atomic mass is 10.1. The zero-order chi connectivity index (χ0) is 12.7. The molecule has 1 aromatic rings. The van der Waals surface area contributed by atoms with Crippen LogP contribution in [0.1, 0.15) is 38.7 Å². The monoisotopic (exact) mass is 234 g/mol. The minimum atomic E-state index is -0.303. The van der Waals surface area contributed by atoms with E-state index in [-0.39, 0.29) is 11.9 Å². The predicted molar refractivity (Wildman–Crippen MR) is 72.0 cm³/mol. The summed E-state index contributed by atoms with van der Waals surface area (Å²) in [7, 11) is 0. The van der Waals surface area contributed by atoms with Crippen LogP contribution in [0.25, 0.3) is 0 Å². The summed E-state index contributed by atoms with van der Waals surface area (Å²) in [6.45, 7) is 4.13. The van der Waals surface area contributed by atoms with Crippen LogP contribution in [0.2, 0.25) is 0 Å². The Hall–Kier alpha value is -1.51. The zero-order valence-corrected chi connectivity index (χ0v) is 10.7. The first-order chi connectivity index (χ1) is 8.17. The first-order valence-electron chi connectivity index (χ1n) is 6.32. The second-order valence-corrected chi connectivity index (χ2v) is 4.31. The number of nitrogens with two attached hydrogens (primary N) is 1. The van der Waals surface area contributed by atoms with Gasteiger partial charge in [-0.1, -0.05) is 32.4 Å². The topological polar surface area (TPSA) is 55.1 Å². The number of hydrogen-bond donors (Lipinski definition) is 2. The molecule has 0 bridgehead atoms. The lowest BCUT2D eigenvalue weighted by Gasteiger charge is -2.14. The summed E-state index contributed by atoms with van der Waals surface area (Å²) in [4.78, 5) is 11.1. The highest BCUT2D eigenvalue weighted by Crippen LogP contribution is 2.13. The number of anilines is 1. The van der Waals surface area contributed by atoms with Crippen molar-refractivity contribution in [3.63, 3.8) is 0 Å². The third-order valence-electron chi connectivity index (χ3n) is 2.87. The van der Waals surface area contributed by atoms with E-state index >= 15 is 0 Å². The van der Waals surface area contributed by atoms with Gasteiger partial charge < -0.3 is 11.1 Å². The van der Waals surface area contributed by atoms with Gasteiger partial charge >= 0.3 is 0 Å². The minimum absolute atomic E-state index is 0.281. The average molecular weight is 234 g/mol. The first-order valence-corrected chi connectivity index (χ1v) is 6.32. The van der Waals surface area contributed by atoms with Crippen LogP contribution in [-0.4, -0.2) is 11.9 Å². The van der Waals surface area contributed by atoms with Gasteiger partial charge in [-0.2, -0.15) is 0 Å². The third-order valence-corrected chi connectivity index (χ3v) is 2.87. The number of aryl methyl sites for hydroxylation is 1. The molecule has 3 nitrogen and oxygen atoms in total. The first kappa shape index (κ1) is 13.6. The van der Waals surface area contributed by atoms with Crippen molar-refractivity contribution in [3.8, 4) is 0 Å². The maximum absolute atomic E-state index is 11.1. The van der Waals surface area contributed by atoms with E-state index in [1.165, 1.54) is 18.4 Å². The molecule has 1 amide bonds. The van der Waals surface area contributed by atoms with E-state index in [1.54, 1.807) is 0 Å². The molecular weight excluding hydrogens is 212 g/mol. The van der Waals surface area contributed by atoms with Crippen LogP contribution in [0.4, 0.5) is 5.69 Å². The number of carbonyl (C=O) groups excluding carboxylic acids is 1. The summed E-state index contributed by atoms with van der Waals surface area (Å²) in [5, 5.41) is 3.14. The highest BCUT2D eigenvalue weighted by molar-refractivity contribution is 5.82. The molecule has 0 fully saturated rings. The summed E-state index contributed by atoms with van der Waals surface area (Å²) in [5.41, 5.74) is 7.58. The van der Waals surface area contributed by atoms with Crippen molar-refractivity contribution in [3.05, 3.63) is 29.8 Å². The highest BCUT2D eigenvalue weighted by atomic mass is 16.1. The van der Waals surface area contributed by atoms with Crippen LogP contribution in [0.15, 0.2) is 24.3 Å². The number of amides is 1. The summed E-state index contributed by atoms with van der Waals surface area (Å²) in [5.74, 6) is -0.303. The Morgan fingerprint density at radius 2 is 1.94 bits per heavy atom. The van der Waals surface area contributed by atoms with Crippen molar-refractivity contribution >= 4 is 11.6 Å². The summed E-state index contributed by atoms with van der Waals surface area (Å²) in [6.07, 6.45) is 4.24. The quantitative estimate of drug-likeness (QED) is 0.762. The van der Waals surface area contributed by atoms with Crippen LogP contribution in [0.5, 0.6) is 0 Å². The molecule has 1 aromatic carbocycles. The lowest BCUT2D eigenvalue weighted by Crippen LogP contribution is -2.34. The zero-order valence-electron chi connectivity index (χ0n) is 10.7. The summed E-state index contributed by atoms with van der Waals surface area (Å²) in [6, 6.07) is 7.95. The van der Waals surface area contributed by atoms with Crippen LogP contribution < -0.4 is 11.1 Å². The van der Waals surface area contributed by atoms with Crippen molar-refractivity contribution < 1.29 is 4.79 Å². The summed E-state index contributed by atoms with van der Waals surface area (Å²) >= 11 is 0. The van der Waals surface area contributed by atoms with Gasteiger partial charge in [0.15, 0.2) is 0 Å². The second-order valence-electron chi connectivity index (χ2n) is 4.31.